The molecular weight excluding hydrogens is 425 g/mol. The van der Waals surface area contributed by atoms with Crippen LogP contribution in [0.2, 0.25) is 0 Å². The summed E-state index contributed by atoms with van der Waals surface area (Å²) in [5, 5.41) is 3.91. The third-order valence-corrected chi connectivity index (χ3v) is 5.21. The number of carbonyl (C=O) groups is 2. The van der Waals surface area contributed by atoms with E-state index in [4.69, 9.17) is 9.26 Å². The minimum Gasteiger partial charge on any atom is -0.457 e. The summed E-state index contributed by atoms with van der Waals surface area (Å²) in [4.78, 5) is 29.1. The van der Waals surface area contributed by atoms with Crippen LogP contribution < -0.4 is 0 Å². The van der Waals surface area contributed by atoms with Crippen LogP contribution >= 0.6 is 0 Å². The van der Waals surface area contributed by atoms with Crippen molar-refractivity contribution in [3.8, 4) is 17.1 Å². The molecule has 0 aliphatic rings. The molecule has 4 aromatic rings. The number of hydrogen-bond acceptors (Lipinski definition) is 6. The van der Waals surface area contributed by atoms with Gasteiger partial charge in [0.2, 0.25) is 17.5 Å². The maximum absolute atomic E-state index is 13.6. The molecule has 0 amide bonds. The summed E-state index contributed by atoms with van der Waals surface area (Å²) in [5.74, 6) is -0.470. The summed E-state index contributed by atoms with van der Waals surface area (Å²) in [5.41, 5.74) is 3.29. The van der Waals surface area contributed by atoms with Crippen molar-refractivity contribution in [2.75, 3.05) is 6.61 Å². The van der Waals surface area contributed by atoms with Crippen LogP contribution in [0.3, 0.4) is 0 Å². The van der Waals surface area contributed by atoms with E-state index in [1.807, 2.05) is 37.3 Å². The first kappa shape index (κ1) is 22.1. The molecule has 0 bridgehead atoms. The first-order chi connectivity index (χ1) is 15.9. The van der Waals surface area contributed by atoms with Crippen LogP contribution in [0, 0.1) is 19.7 Å². The molecule has 7 nitrogen and oxygen atoms in total. The summed E-state index contributed by atoms with van der Waals surface area (Å²) in [6.07, 6.45) is 0.215. The third-order valence-electron chi connectivity index (χ3n) is 5.21. The average molecular weight is 447 g/mol. The fraction of sp³-hybridized carbons (Fsp3) is 0.200. The van der Waals surface area contributed by atoms with Gasteiger partial charge in [-0.1, -0.05) is 41.6 Å². The number of Topliss-reactive ketones (excluding diaryl/α,β-unsaturated/α-hetero) is 1. The lowest BCUT2D eigenvalue weighted by atomic mass is 10.1. The van der Waals surface area contributed by atoms with E-state index >= 15 is 0 Å². The normalized spacial score (nSPS) is 10.9. The summed E-state index contributed by atoms with van der Waals surface area (Å²) in [6.45, 7) is 3.22. The molecule has 0 saturated heterocycles. The number of aryl methyl sites for hydroxylation is 2. The number of halogens is 1. The maximum atomic E-state index is 13.6. The number of aromatic nitrogens is 3. The van der Waals surface area contributed by atoms with E-state index in [-0.39, 0.29) is 31.0 Å². The standard InChI is InChI=1S/C25H22FN3O4/c1-16-13-21(17(2)29(16)20-10-6-9-19(26)14-20)22(30)15-32-24(31)12-11-23-27-25(28-33-23)18-7-4-3-5-8-18/h3-10,13-14H,11-12,15H2,1-2H3. The van der Waals surface area contributed by atoms with E-state index in [1.165, 1.54) is 12.1 Å². The van der Waals surface area contributed by atoms with Gasteiger partial charge < -0.3 is 13.8 Å². The van der Waals surface area contributed by atoms with Gasteiger partial charge in [-0.15, -0.1) is 0 Å². The predicted octanol–water partition coefficient (Wildman–Crippen LogP) is 4.64. The number of hydrogen-bond donors (Lipinski definition) is 0. The highest BCUT2D eigenvalue weighted by Gasteiger charge is 2.19. The molecule has 168 valence electrons. The number of ketones is 1. The Kier molecular flexibility index (Phi) is 6.44. The molecule has 0 spiro atoms. The van der Waals surface area contributed by atoms with Gasteiger partial charge in [-0.25, -0.2) is 4.39 Å². The number of rotatable bonds is 8. The molecule has 4 rings (SSSR count). The van der Waals surface area contributed by atoms with Crippen LogP contribution in [-0.4, -0.2) is 33.1 Å². The van der Waals surface area contributed by atoms with Crippen molar-refractivity contribution in [1.82, 2.24) is 14.7 Å². The highest BCUT2D eigenvalue weighted by molar-refractivity contribution is 5.99. The molecule has 0 aliphatic carbocycles. The van der Waals surface area contributed by atoms with Gasteiger partial charge in [0, 0.05) is 34.6 Å². The largest absolute Gasteiger partial charge is 0.457 e. The number of esters is 1. The zero-order chi connectivity index (χ0) is 23.4. The van der Waals surface area contributed by atoms with Gasteiger partial charge in [-0.3, -0.25) is 9.59 Å². The topological polar surface area (TPSA) is 87.2 Å². The van der Waals surface area contributed by atoms with Crippen molar-refractivity contribution in [3.05, 3.63) is 89.3 Å². The van der Waals surface area contributed by atoms with Gasteiger partial charge in [0.05, 0.1) is 6.42 Å². The zero-order valence-corrected chi connectivity index (χ0v) is 18.2. The molecule has 0 atom stereocenters. The van der Waals surface area contributed by atoms with Gasteiger partial charge >= 0.3 is 5.97 Å². The lowest BCUT2D eigenvalue weighted by Gasteiger charge is -2.10. The first-order valence-corrected chi connectivity index (χ1v) is 10.4. The average Bonchev–Trinajstić information content (AvgIpc) is 3.41. The van der Waals surface area contributed by atoms with E-state index in [2.05, 4.69) is 10.1 Å². The molecule has 0 saturated carbocycles. The molecule has 2 heterocycles. The van der Waals surface area contributed by atoms with Crippen molar-refractivity contribution in [2.24, 2.45) is 0 Å². The van der Waals surface area contributed by atoms with Crippen LogP contribution in [0.4, 0.5) is 4.39 Å². The van der Waals surface area contributed by atoms with Crippen molar-refractivity contribution in [2.45, 2.75) is 26.7 Å². The van der Waals surface area contributed by atoms with Crippen molar-refractivity contribution < 1.29 is 23.2 Å². The van der Waals surface area contributed by atoms with Gasteiger partial charge in [-0.05, 0) is 38.1 Å². The Morgan fingerprint density at radius 1 is 1.06 bits per heavy atom. The molecule has 2 aromatic heterocycles. The van der Waals surface area contributed by atoms with E-state index in [9.17, 15) is 14.0 Å². The number of carbonyl (C=O) groups excluding carboxylic acids is 2. The molecule has 2 aromatic carbocycles. The lowest BCUT2D eigenvalue weighted by molar-refractivity contribution is -0.142. The van der Waals surface area contributed by atoms with Crippen LogP contribution in [0.15, 0.2) is 65.2 Å². The van der Waals surface area contributed by atoms with Gasteiger partial charge in [0.15, 0.2) is 6.61 Å². The van der Waals surface area contributed by atoms with Crippen molar-refractivity contribution in [1.29, 1.82) is 0 Å². The lowest BCUT2D eigenvalue weighted by Crippen LogP contribution is -2.15. The van der Waals surface area contributed by atoms with Crippen LogP contribution in [-0.2, 0) is 16.0 Å². The minimum absolute atomic E-state index is 0.00597. The Morgan fingerprint density at radius 3 is 2.61 bits per heavy atom. The zero-order valence-electron chi connectivity index (χ0n) is 18.2. The fourth-order valence-electron chi connectivity index (χ4n) is 3.62. The number of nitrogens with zero attached hydrogens (tertiary/aromatic N) is 3. The molecular formula is C25H22FN3O4. The van der Waals surface area contributed by atoms with Gasteiger partial charge in [0.25, 0.3) is 0 Å². The second-order valence-corrected chi connectivity index (χ2v) is 7.56. The van der Waals surface area contributed by atoms with Crippen LogP contribution in [0.5, 0.6) is 0 Å². The molecule has 0 unspecified atom stereocenters. The number of benzene rings is 2. The van der Waals surface area contributed by atoms with Gasteiger partial charge in [0.1, 0.15) is 5.82 Å². The summed E-state index contributed by atoms with van der Waals surface area (Å²) < 4.78 is 25.7. The maximum Gasteiger partial charge on any atom is 0.306 e. The van der Waals surface area contributed by atoms with E-state index in [1.54, 1.807) is 29.7 Å². The molecule has 0 fully saturated rings. The van der Waals surface area contributed by atoms with Gasteiger partial charge in [-0.2, -0.15) is 4.98 Å². The monoisotopic (exact) mass is 447 g/mol. The minimum atomic E-state index is -0.540. The molecule has 8 heteroatoms. The van der Waals surface area contributed by atoms with E-state index in [0.717, 1.165) is 11.3 Å². The number of ether oxygens (including phenoxy) is 1. The third kappa shape index (κ3) is 5.06. The highest BCUT2D eigenvalue weighted by atomic mass is 19.1. The van der Waals surface area contributed by atoms with E-state index in [0.29, 0.717) is 28.7 Å². The second kappa shape index (κ2) is 9.60. The summed E-state index contributed by atoms with van der Waals surface area (Å²) >= 11 is 0. The first-order valence-electron chi connectivity index (χ1n) is 10.4. The molecule has 0 aliphatic heterocycles. The van der Waals surface area contributed by atoms with Crippen molar-refractivity contribution >= 4 is 11.8 Å². The Hall–Kier alpha value is -4.07. The predicted molar refractivity (Wildman–Crippen MR) is 119 cm³/mol. The van der Waals surface area contributed by atoms with Crippen LogP contribution in [0.25, 0.3) is 17.1 Å². The summed E-state index contributed by atoms with van der Waals surface area (Å²) in [7, 11) is 0. The fourth-order valence-corrected chi connectivity index (χ4v) is 3.62. The molecule has 0 N–H and O–H groups in total. The highest BCUT2D eigenvalue weighted by Crippen LogP contribution is 2.22. The van der Waals surface area contributed by atoms with Crippen LogP contribution in [0.1, 0.15) is 34.1 Å². The SMILES string of the molecule is Cc1cc(C(=O)COC(=O)CCc2nc(-c3ccccc3)no2)c(C)n1-c1cccc(F)c1. The molecule has 33 heavy (non-hydrogen) atoms. The quantitative estimate of drug-likeness (QED) is 0.289. The smallest absolute Gasteiger partial charge is 0.306 e. The Morgan fingerprint density at radius 2 is 1.85 bits per heavy atom. The Labute approximate surface area is 189 Å². The van der Waals surface area contributed by atoms with Crippen molar-refractivity contribution in [3.63, 3.8) is 0 Å². The Balaban J connectivity index is 1.33. The summed E-state index contributed by atoms with van der Waals surface area (Å²) in [6, 6.07) is 17.2. The second-order valence-electron chi connectivity index (χ2n) is 7.56. The van der Waals surface area contributed by atoms with E-state index < -0.39 is 5.97 Å². The Bertz CT molecular complexity index is 1290. The molecule has 0 radical (unpaired) electrons.